The van der Waals surface area contributed by atoms with Crippen molar-refractivity contribution in [2.45, 2.75) is 18.6 Å². The van der Waals surface area contributed by atoms with Crippen molar-refractivity contribution in [3.05, 3.63) is 35.9 Å². The zero-order valence-electron chi connectivity index (χ0n) is 9.31. The molecule has 0 spiro atoms. The smallest absolute Gasteiger partial charge is 0.422 e. The first-order chi connectivity index (χ1) is 7.88. The first kappa shape index (κ1) is 16.7. The highest BCUT2D eigenvalue weighted by molar-refractivity contribution is 5.85. The number of ether oxygens (including phenoxy) is 1. The molecule has 0 aromatic heterocycles. The quantitative estimate of drug-likeness (QED) is 0.861. The van der Waals surface area contributed by atoms with Crippen LogP contribution in [-0.4, -0.2) is 24.8 Å². The van der Waals surface area contributed by atoms with Crippen LogP contribution in [0.25, 0.3) is 0 Å². The maximum atomic E-state index is 11.8. The van der Waals surface area contributed by atoms with Gasteiger partial charge in [-0.3, -0.25) is 4.79 Å². The van der Waals surface area contributed by atoms with Crippen LogP contribution in [-0.2, 0) is 16.0 Å². The number of carbonyl (C=O) groups excluding carboxylic acids is 1. The lowest BCUT2D eigenvalue weighted by atomic mass is 10.1. The molecule has 1 atom stereocenters. The van der Waals surface area contributed by atoms with E-state index in [4.69, 9.17) is 5.73 Å². The van der Waals surface area contributed by atoms with E-state index in [0.29, 0.717) is 0 Å². The second-order valence-corrected chi connectivity index (χ2v) is 3.52. The van der Waals surface area contributed by atoms with Crippen LogP contribution in [0.3, 0.4) is 0 Å². The second-order valence-electron chi connectivity index (χ2n) is 3.52. The van der Waals surface area contributed by atoms with E-state index in [1.54, 1.807) is 30.3 Å². The third-order valence-electron chi connectivity index (χ3n) is 1.98. The first-order valence-electron chi connectivity index (χ1n) is 4.91. The van der Waals surface area contributed by atoms with Crippen LogP contribution in [0.15, 0.2) is 30.3 Å². The van der Waals surface area contributed by atoms with Crippen molar-refractivity contribution in [2.75, 3.05) is 6.61 Å². The minimum absolute atomic E-state index is 0. The summed E-state index contributed by atoms with van der Waals surface area (Å²) in [5, 5.41) is 0. The van der Waals surface area contributed by atoms with E-state index in [2.05, 4.69) is 4.74 Å². The van der Waals surface area contributed by atoms with E-state index >= 15 is 0 Å². The van der Waals surface area contributed by atoms with Crippen molar-refractivity contribution in [1.29, 1.82) is 0 Å². The Morgan fingerprint density at radius 3 is 2.33 bits per heavy atom. The molecule has 0 aliphatic heterocycles. The molecule has 3 nitrogen and oxygen atoms in total. The summed E-state index contributed by atoms with van der Waals surface area (Å²) in [7, 11) is 0. The van der Waals surface area contributed by atoms with Gasteiger partial charge in [-0.05, 0) is 12.0 Å². The van der Waals surface area contributed by atoms with Crippen molar-refractivity contribution < 1.29 is 22.7 Å². The Bertz CT molecular complexity index is 370. The second kappa shape index (κ2) is 7.23. The highest BCUT2D eigenvalue weighted by Crippen LogP contribution is 2.15. The van der Waals surface area contributed by atoms with Crippen molar-refractivity contribution in [3.8, 4) is 0 Å². The molecular weight excluding hydrogens is 271 g/mol. The maximum absolute atomic E-state index is 11.8. The molecule has 102 valence electrons. The van der Waals surface area contributed by atoms with E-state index < -0.39 is 24.8 Å². The molecule has 0 aliphatic rings. The van der Waals surface area contributed by atoms with Gasteiger partial charge < -0.3 is 10.5 Å². The number of hydrogen-bond acceptors (Lipinski definition) is 3. The average molecular weight is 284 g/mol. The number of esters is 1. The van der Waals surface area contributed by atoms with Crippen molar-refractivity contribution in [2.24, 2.45) is 5.73 Å². The van der Waals surface area contributed by atoms with Gasteiger partial charge in [-0.15, -0.1) is 12.4 Å². The molecule has 7 heteroatoms. The summed E-state index contributed by atoms with van der Waals surface area (Å²) in [5.41, 5.74) is 6.20. The zero-order chi connectivity index (χ0) is 12.9. The van der Waals surface area contributed by atoms with Crippen LogP contribution in [0.2, 0.25) is 0 Å². The van der Waals surface area contributed by atoms with Crippen LogP contribution < -0.4 is 5.73 Å². The summed E-state index contributed by atoms with van der Waals surface area (Å²) in [4.78, 5) is 11.1. The molecule has 18 heavy (non-hydrogen) atoms. The Hall–Kier alpha value is -1.27. The molecule has 1 aromatic rings. The number of halogens is 4. The van der Waals surface area contributed by atoms with Crippen LogP contribution in [0, 0.1) is 0 Å². The number of nitrogens with two attached hydrogens (primary N) is 1. The van der Waals surface area contributed by atoms with Crippen molar-refractivity contribution >= 4 is 18.4 Å². The van der Waals surface area contributed by atoms with Crippen LogP contribution in [0.1, 0.15) is 5.56 Å². The van der Waals surface area contributed by atoms with E-state index in [0.717, 1.165) is 5.56 Å². The molecule has 0 fully saturated rings. The van der Waals surface area contributed by atoms with Gasteiger partial charge in [0.1, 0.15) is 6.04 Å². The predicted octanol–water partition coefficient (Wildman–Crippen LogP) is 2.08. The molecule has 0 heterocycles. The average Bonchev–Trinajstić information content (AvgIpc) is 2.26. The Balaban J connectivity index is 0.00000289. The fourth-order valence-corrected chi connectivity index (χ4v) is 1.21. The standard InChI is InChI=1S/C11H12F3NO2.ClH/c12-11(13,14)7-17-10(16)9(15)6-8-4-2-1-3-5-8;/h1-5,9H,6-7,15H2;1H/t9-;/m1./s1. The van der Waals surface area contributed by atoms with Crippen molar-refractivity contribution in [1.82, 2.24) is 0 Å². The van der Waals surface area contributed by atoms with Crippen LogP contribution in [0.4, 0.5) is 13.2 Å². The Morgan fingerprint density at radius 2 is 1.83 bits per heavy atom. The van der Waals surface area contributed by atoms with Gasteiger partial charge in [0.05, 0.1) is 0 Å². The SMILES string of the molecule is Cl.N[C@H](Cc1ccccc1)C(=O)OCC(F)(F)F. The fourth-order valence-electron chi connectivity index (χ4n) is 1.21. The van der Waals surface area contributed by atoms with Gasteiger partial charge in [0.2, 0.25) is 0 Å². The minimum atomic E-state index is -4.53. The normalized spacial score (nSPS) is 12.4. The summed E-state index contributed by atoms with van der Waals surface area (Å²) in [6.45, 7) is -1.60. The summed E-state index contributed by atoms with van der Waals surface area (Å²) in [6.07, 6.45) is -4.38. The van der Waals surface area contributed by atoms with Gasteiger partial charge in [-0.1, -0.05) is 30.3 Å². The van der Waals surface area contributed by atoms with Gasteiger partial charge in [0.25, 0.3) is 0 Å². The molecule has 1 aromatic carbocycles. The Labute approximate surface area is 109 Å². The van der Waals surface area contributed by atoms with Gasteiger partial charge in [0.15, 0.2) is 6.61 Å². The zero-order valence-corrected chi connectivity index (χ0v) is 10.1. The topological polar surface area (TPSA) is 52.3 Å². The van der Waals surface area contributed by atoms with Crippen LogP contribution >= 0.6 is 12.4 Å². The lowest BCUT2D eigenvalue weighted by Gasteiger charge is -2.12. The number of hydrogen-bond donors (Lipinski definition) is 1. The molecule has 0 saturated carbocycles. The minimum Gasteiger partial charge on any atom is -0.455 e. The third kappa shape index (κ3) is 6.46. The molecule has 0 saturated heterocycles. The molecular formula is C11H13ClF3NO2. The predicted molar refractivity (Wildman–Crippen MR) is 62.4 cm³/mol. The molecule has 0 bridgehead atoms. The third-order valence-corrected chi connectivity index (χ3v) is 1.98. The summed E-state index contributed by atoms with van der Waals surface area (Å²) in [6, 6.07) is 7.68. The highest BCUT2D eigenvalue weighted by atomic mass is 35.5. The summed E-state index contributed by atoms with van der Waals surface area (Å²) >= 11 is 0. The highest BCUT2D eigenvalue weighted by Gasteiger charge is 2.30. The van der Waals surface area contributed by atoms with Gasteiger partial charge in [0, 0.05) is 0 Å². The lowest BCUT2D eigenvalue weighted by Crippen LogP contribution is -2.36. The number of benzene rings is 1. The monoisotopic (exact) mass is 283 g/mol. The molecule has 0 radical (unpaired) electrons. The maximum Gasteiger partial charge on any atom is 0.422 e. The van der Waals surface area contributed by atoms with Crippen LogP contribution in [0.5, 0.6) is 0 Å². The van der Waals surface area contributed by atoms with E-state index in [1.807, 2.05) is 0 Å². The van der Waals surface area contributed by atoms with Gasteiger partial charge in [-0.2, -0.15) is 13.2 Å². The summed E-state index contributed by atoms with van der Waals surface area (Å²) < 4.78 is 39.4. The number of carbonyl (C=O) groups is 1. The first-order valence-corrected chi connectivity index (χ1v) is 4.91. The molecule has 2 N–H and O–H groups in total. The fraction of sp³-hybridized carbons (Fsp3) is 0.364. The van der Waals surface area contributed by atoms with Gasteiger partial charge >= 0.3 is 12.1 Å². The lowest BCUT2D eigenvalue weighted by molar-refractivity contribution is -0.187. The van der Waals surface area contributed by atoms with E-state index in [-0.39, 0.29) is 18.8 Å². The molecule has 1 rings (SSSR count). The largest absolute Gasteiger partial charge is 0.455 e. The molecule has 0 unspecified atom stereocenters. The Morgan fingerprint density at radius 1 is 1.28 bits per heavy atom. The number of alkyl halides is 3. The van der Waals surface area contributed by atoms with Crippen molar-refractivity contribution in [3.63, 3.8) is 0 Å². The van der Waals surface area contributed by atoms with E-state index in [1.165, 1.54) is 0 Å². The van der Waals surface area contributed by atoms with E-state index in [9.17, 15) is 18.0 Å². The molecule has 0 amide bonds. The number of rotatable bonds is 4. The summed E-state index contributed by atoms with van der Waals surface area (Å²) in [5.74, 6) is -1.05. The van der Waals surface area contributed by atoms with Gasteiger partial charge in [-0.25, -0.2) is 0 Å². The molecule has 0 aliphatic carbocycles. The Kier molecular flexibility index (Phi) is 6.72.